The summed E-state index contributed by atoms with van der Waals surface area (Å²) in [5.41, 5.74) is 2.53. The van der Waals surface area contributed by atoms with Gasteiger partial charge in [-0.3, -0.25) is 0 Å². The second-order valence-electron chi connectivity index (χ2n) is 7.28. The average Bonchev–Trinajstić information content (AvgIpc) is 3.22. The maximum absolute atomic E-state index is 9.42. The van der Waals surface area contributed by atoms with Crippen LogP contribution in [0.2, 0.25) is 0 Å². The van der Waals surface area contributed by atoms with E-state index >= 15 is 0 Å². The number of aliphatic hydroxyl groups excluding tert-OH is 1. The highest BCUT2D eigenvalue weighted by molar-refractivity contribution is 5.79. The molecule has 0 aliphatic rings. The van der Waals surface area contributed by atoms with Crippen LogP contribution < -0.4 is 10.6 Å². The van der Waals surface area contributed by atoms with E-state index in [2.05, 4.69) is 65.2 Å². The van der Waals surface area contributed by atoms with Crippen molar-refractivity contribution in [2.75, 3.05) is 19.7 Å². The second kappa shape index (κ2) is 11.5. The molecule has 1 aromatic carbocycles. The summed E-state index contributed by atoms with van der Waals surface area (Å²) in [5.74, 6) is 0.826. The van der Waals surface area contributed by atoms with Crippen LogP contribution in [0.1, 0.15) is 51.2 Å². The Balaban J connectivity index is 2.01. The van der Waals surface area contributed by atoms with Crippen LogP contribution in [-0.2, 0) is 13.1 Å². The number of nitrogens with zero attached hydrogens (tertiary/aromatic N) is 3. The fourth-order valence-corrected chi connectivity index (χ4v) is 3.38. The number of rotatable bonds is 11. The topological polar surface area (TPSA) is 74.5 Å². The minimum Gasteiger partial charge on any atom is -0.396 e. The molecule has 3 N–H and O–H groups in total. The fourth-order valence-electron chi connectivity index (χ4n) is 3.38. The Morgan fingerprint density at radius 3 is 2.61 bits per heavy atom. The number of aromatic nitrogens is 2. The lowest BCUT2D eigenvalue weighted by Crippen LogP contribution is -2.43. The highest BCUT2D eigenvalue weighted by Crippen LogP contribution is 2.29. The fraction of sp³-hybridized carbons (Fsp3) is 0.545. The average molecular weight is 386 g/mol. The molecule has 2 rings (SSSR count). The van der Waals surface area contributed by atoms with Gasteiger partial charge in [-0.1, -0.05) is 38.1 Å². The maximum atomic E-state index is 9.42. The van der Waals surface area contributed by atoms with E-state index in [-0.39, 0.29) is 12.0 Å². The van der Waals surface area contributed by atoms with Crippen LogP contribution in [0.4, 0.5) is 0 Å². The normalized spacial score (nSPS) is 12.2. The third-order valence-corrected chi connectivity index (χ3v) is 5.45. The van der Waals surface area contributed by atoms with Crippen molar-refractivity contribution in [3.63, 3.8) is 0 Å². The van der Waals surface area contributed by atoms with Crippen molar-refractivity contribution in [3.05, 3.63) is 54.1 Å². The van der Waals surface area contributed by atoms with Gasteiger partial charge in [-0.25, -0.2) is 9.98 Å². The zero-order valence-corrected chi connectivity index (χ0v) is 17.5. The number of hydrogen-bond acceptors (Lipinski definition) is 3. The minimum atomic E-state index is 0.107. The van der Waals surface area contributed by atoms with Gasteiger partial charge < -0.3 is 20.3 Å². The lowest BCUT2D eigenvalue weighted by molar-refractivity contribution is 0.169. The molecule has 0 aliphatic heterocycles. The molecule has 1 aromatic heterocycles. The summed E-state index contributed by atoms with van der Waals surface area (Å²) in [4.78, 5) is 8.86. The van der Waals surface area contributed by atoms with Crippen molar-refractivity contribution in [1.82, 2.24) is 20.2 Å². The van der Waals surface area contributed by atoms with Crippen LogP contribution in [-0.4, -0.2) is 40.3 Å². The molecule has 2 aromatic rings. The third-order valence-electron chi connectivity index (χ3n) is 5.45. The molecule has 0 radical (unpaired) electrons. The van der Waals surface area contributed by atoms with Gasteiger partial charge in [0.1, 0.15) is 0 Å². The largest absolute Gasteiger partial charge is 0.396 e. The SMILES string of the molecule is CCNC(=NCc1cccc(Cn2ccnc2)c1)NCC(CC)(CC)CCO. The van der Waals surface area contributed by atoms with Crippen molar-refractivity contribution in [2.24, 2.45) is 10.4 Å². The van der Waals surface area contributed by atoms with Gasteiger partial charge in [-0.2, -0.15) is 0 Å². The molecule has 0 amide bonds. The summed E-state index contributed by atoms with van der Waals surface area (Å²) in [6.07, 6.45) is 8.48. The molecule has 0 aliphatic carbocycles. The Labute approximate surface area is 169 Å². The number of guanidine groups is 1. The highest BCUT2D eigenvalue weighted by Gasteiger charge is 2.25. The van der Waals surface area contributed by atoms with Gasteiger partial charge in [0, 0.05) is 38.6 Å². The second-order valence-corrected chi connectivity index (χ2v) is 7.28. The van der Waals surface area contributed by atoms with Gasteiger partial charge in [-0.15, -0.1) is 0 Å². The molecule has 0 saturated heterocycles. The smallest absolute Gasteiger partial charge is 0.191 e. The highest BCUT2D eigenvalue weighted by atomic mass is 16.3. The van der Waals surface area contributed by atoms with Crippen LogP contribution in [0.25, 0.3) is 0 Å². The van der Waals surface area contributed by atoms with Gasteiger partial charge in [0.25, 0.3) is 0 Å². The summed E-state index contributed by atoms with van der Waals surface area (Å²) in [6, 6.07) is 8.51. The lowest BCUT2D eigenvalue weighted by atomic mass is 9.79. The van der Waals surface area contributed by atoms with Crippen LogP contribution in [0.15, 0.2) is 48.0 Å². The van der Waals surface area contributed by atoms with E-state index in [1.54, 1.807) is 6.20 Å². The Morgan fingerprint density at radius 2 is 1.96 bits per heavy atom. The number of aliphatic imine (C=N–C) groups is 1. The van der Waals surface area contributed by atoms with Crippen molar-refractivity contribution in [1.29, 1.82) is 0 Å². The zero-order valence-electron chi connectivity index (χ0n) is 17.5. The summed E-state index contributed by atoms with van der Waals surface area (Å²) in [7, 11) is 0. The Bertz CT molecular complexity index is 707. The molecule has 154 valence electrons. The van der Waals surface area contributed by atoms with Crippen LogP contribution in [0.5, 0.6) is 0 Å². The van der Waals surface area contributed by atoms with Gasteiger partial charge in [0.05, 0.1) is 12.9 Å². The Kier molecular flexibility index (Phi) is 9.01. The van der Waals surface area contributed by atoms with Gasteiger partial charge in [0.2, 0.25) is 0 Å². The van der Waals surface area contributed by atoms with Crippen molar-refractivity contribution < 1.29 is 5.11 Å². The van der Waals surface area contributed by atoms with E-state index in [1.807, 2.05) is 12.5 Å². The van der Waals surface area contributed by atoms with E-state index in [1.165, 1.54) is 11.1 Å². The van der Waals surface area contributed by atoms with E-state index in [0.29, 0.717) is 6.54 Å². The third kappa shape index (κ3) is 6.68. The first-order chi connectivity index (χ1) is 13.6. The zero-order chi connectivity index (χ0) is 20.2. The first-order valence-corrected chi connectivity index (χ1v) is 10.3. The lowest BCUT2D eigenvalue weighted by Gasteiger charge is -2.32. The van der Waals surface area contributed by atoms with E-state index < -0.39 is 0 Å². The molecule has 0 unspecified atom stereocenters. The van der Waals surface area contributed by atoms with Crippen molar-refractivity contribution >= 4 is 5.96 Å². The standard InChI is InChI=1S/C22H35N5O/c1-4-22(5-2,10-13-28)17-26-21(24-6-3)25-15-19-8-7-9-20(14-19)16-27-12-11-23-18-27/h7-9,11-12,14,18,28H,4-6,10,13,15-17H2,1-3H3,(H2,24,25,26). The summed E-state index contributed by atoms with van der Waals surface area (Å²) < 4.78 is 2.06. The molecule has 28 heavy (non-hydrogen) atoms. The summed E-state index contributed by atoms with van der Waals surface area (Å²) in [6.45, 7) is 9.74. The molecule has 6 nitrogen and oxygen atoms in total. The molecule has 0 spiro atoms. The molecule has 0 fully saturated rings. The predicted molar refractivity (Wildman–Crippen MR) is 115 cm³/mol. The molecule has 6 heteroatoms. The van der Waals surface area contributed by atoms with Gasteiger partial charge in [-0.05, 0) is 42.7 Å². The van der Waals surface area contributed by atoms with Crippen LogP contribution in [0.3, 0.4) is 0 Å². The molecule has 0 atom stereocenters. The monoisotopic (exact) mass is 385 g/mol. The van der Waals surface area contributed by atoms with Crippen LogP contribution in [0, 0.1) is 5.41 Å². The quantitative estimate of drug-likeness (QED) is 0.410. The first-order valence-electron chi connectivity index (χ1n) is 10.3. The van der Waals surface area contributed by atoms with Crippen molar-refractivity contribution in [3.8, 4) is 0 Å². The van der Waals surface area contributed by atoms with Gasteiger partial charge in [0.15, 0.2) is 5.96 Å². The number of hydrogen-bond donors (Lipinski definition) is 3. The predicted octanol–water partition coefficient (Wildman–Crippen LogP) is 3.18. The first kappa shape index (κ1) is 22.0. The molecular weight excluding hydrogens is 350 g/mol. The van der Waals surface area contributed by atoms with E-state index in [0.717, 1.165) is 44.9 Å². The number of benzene rings is 1. The van der Waals surface area contributed by atoms with E-state index in [9.17, 15) is 5.11 Å². The molecule has 1 heterocycles. The molecule has 0 bridgehead atoms. The summed E-state index contributed by atoms with van der Waals surface area (Å²) >= 11 is 0. The number of aliphatic hydroxyl groups is 1. The van der Waals surface area contributed by atoms with Gasteiger partial charge >= 0.3 is 0 Å². The van der Waals surface area contributed by atoms with E-state index in [4.69, 9.17) is 4.99 Å². The Morgan fingerprint density at radius 1 is 1.18 bits per heavy atom. The molecular formula is C22H35N5O. The van der Waals surface area contributed by atoms with Crippen molar-refractivity contribution in [2.45, 2.75) is 53.1 Å². The van der Waals surface area contributed by atoms with Crippen LogP contribution >= 0.6 is 0 Å². The minimum absolute atomic E-state index is 0.107. The number of imidazole rings is 1. The summed E-state index contributed by atoms with van der Waals surface area (Å²) in [5, 5.41) is 16.2. The number of nitrogens with one attached hydrogen (secondary N) is 2. The molecule has 0 saturated carbocycles. The maximum Gasteiger partial charge on any atom is 0.191 e. The Hall–Kier alpha value is -2.34.